The summed E-state index contributed by atoms with van der Waals surface area (Å²) in [6, 6.07) is 29.1. The van der Waals surface area contributed by atoms with Crippen LogP contribution in [0.1, 0.15) is 235 Å². The minimum absolute atomic E-state index is 0. The van der Waals surface area contributed by atoms with Gasteiger partial charge in [-0.1, -0.05) is 168 Å². The number of carbonyl (C=O) groups excluding carboxylic acids is 10. The van der Waals surface area contributed by atoms with Gasteiger partial charge in [0.15, 0.2) is 5.82 Å². The van der Waals surface area contributed by atoms with Crippen molar-refractivity contribution in [1.29, 1.82) is 0 Å². The van der Waals surface area contributed by atoms with Crippen molar-refractivity contribution in [3.63, 3.8) is 0 Å². The number of aliphatic hydroxyl groups is 1. The average Bonchev–Trinajstić information content (AvgIpc) is 1.63. The number of aromatic nitrogens is 2. The summed E-state index contributed by atoms with van der Waals surface area (Å²) in [6.45, 7) is 14.3. The number of ether oxygens (including phenoxy) is 1. The van der Waals surface area contributed by atoms with Gasteiger partial charge in [-0.05, 0) is 164 Å². The van der Waals surface area contributed by atoms with Crippen molar-refractivity contribution in [2.75, 3.05) is 134 Å². The van der Waals surface area contributed by atoms with Crippen molar-refractivity contribution in [3.05, 3.63) is 142 Å². The number of aliphatic hydroxyl groups excluding tert-OH is 1. The van der Waals surface area contributed by atoms with Gasteiger partial charge >= 0.3 is 0 Å². The van der Waals surface area contributed by atoms with Crippen molar-refractivity contribution in [2.45, 2.75) is 231 Å². The van der Waals surface area contributed by atoms with Crippen LogP contribution in [0.25, 0.3) is 0 Å². The number of nitrogens with zero attached hydrogens (tertiary/aromatic N) is 8. The molecule has 9 amide bonds. The highest BCUT2D eigenvalue weighted by atomic mass is 79.9. The molecule has 0 radical (unpaired) electrons. The summed E-state index contributed by atoms with van der Waals surface area (Å²) < 4.78 is 18.8. The molecular weight excluding hydrogens is 1890 g/mol. The zero-order valence-corrected chi connectivity index (χ0v) is 81.2. The van der Waals surface area contributed by atoms with Gasteiger partial charge in [0.25, 0.3) is 17.7 Å². The zero-order chi connectivity index (χ0) is 92.2. The molecule has 8 aliphatic rings. The summed E-state index contributed by atoms with van der Waals surface area (Å²) in [5.74, 6) is -0.982. The van der Waals surface area contributed by atoms with Crippen molar-refractivity contribution >= 4 is 177 Å². The fraction of sp³-hybridized carbons (Fsp3) is 0.542. The minimum atomic E-state index is -2.54. The largest absolute Gasteiger partial charge is 0.494 e. The number of methoxy groups -OCH3 is 1. The number of para-hydroxylation sites is 1. The Balaban J connectivity index is 0.000000236. The van der Waals surface area contributed by atoms with E-state index in [4.69, 9.17) is 27.2 Å². The number of carbonyl (C=O) groups is 10. The Morgan fingerprint density at radius 2 is 0.985 bits per heavy atom. The number of halogens is 4. The molecule has 0 saturated carbocycles. The van der Waals surface area contributed by atoms with Crippen LogP contribution in [0.5, 0.6) is 5.75 Å². The lowest BCUT2D eigenvalue weighted by molar-refractivity contribution is -0.138. The average molecular weight is 2030 g/mol. The number of unbranched alkanes of at least 4 members (excludes halogenated alkanes) is 16. The SMILES string of the molecule is C.COc1cc(N2CCC(N3CCN(CCCCCCCNc4cccc5c4CN(C4CCC(=O)NC4=O)C5=O)CC3)CC2)ccc1Nc1ncc(Cl)c(Nc2ccccc2P(C)(C)=O)n1.Nc1cccc2c1CN(C1CCC(=O)NC1=O)C2=O.O=C1CCC(N2Cc3c(NCCCCCCCBr)cccc3C2=O)C(=O)N1.O=CCCCCCCBr.OCCCCCCCBr. The molecule has 5 fully saturated rings. The highest BCUT2D eigenvalue weighted by Crippen LogP contribution is 2.41. The van der Waals surface area contributed by atoms with Gasteiger partial charge in [-0.2, -0.15) is 4.98 Å². The Morgan fingerprint density at radius 1 is 0.531 bits per heavy atom. The Kier molecular flexibility index (Phi) is 43.8. The smallest absolute Gasteiger partial charge is 0.255 e. The Hall–Kier alpha value is -8.88. The number of amides is 9. The van der Waals surface area contributed by atoms with E-state index in [-0.39, 0.29) is 73.9 Å². The predicted molar refractivity (Wildman–Crippen MR) is 528 cm³/mol. The van der Waals surface area contributed by atoms with Gasteiger partial charge in [0.2, 0.25) is 41.4 Å². The maximum Gasteiger partial charge on any atom is 0.255 e. The zero-order valence-electron chi connectivity index (χ0n) is 74.8. The number of rotatable bonds is 40. The van der Waals surface area contributed by atoms with E-state index in [1.165, 1.54) is 94.8 Å². The van der Waals surface area contributed by atoms with E-state index < -0.39 is 31.2 Å². The maximum absolute atomic E-state index is 13.1. The lowest BCUT2D eigenvalue weighted by atomic mass is 10.0. The van der Waals surface area contributed by atoms with Crippen molar-refractivity contribution in [1.82, 2.24) is 50.4 Å². The second-order valence-electron chi connectivity index (χ2n) is 34.0. The summed E-state index contributed by atoms with van der Waals surface area (Å²) in [7, 11) is -0.872. The van der Waals surface area contributed by atoms with Crippen molar-refractivity contribution in [3.8, 4) is 5.75 Å². The number of anilines is 8. The van der Waals surface area contributed by atoms with Gasteiger partial charge in [-0.3, -0.25) is 64.0 Å². The van der Waals surface area contributed by atoms with Crippen LogP contribution in [-0.2, 0) is 57.8 Å². The molecule has 6 aromatic rings. The number of piperazine rings is 1. The third kappa shape index (κ3) is 30.6. The molecule has 29 nitrogen and oxygen atoms in total. The van der Waals surface area contributed by atoms with Gasteiger partial charge in [-0.15, -0.1) is 0 Å². The van der Waals surface area contributed by atoms with Gasteiger partial charge < -0.3 is 70.7 Å². The number of hydrogen-bond acceptors (Lipinski definition) is 23. The summed E-state index contributed by atoms with van der Waals surface area (Å²) in [6.07, 6.45) is 30.0. The second-order valence-corrected chi connectivity index (χ2v) is 40.0. The molecule has 1 aromatic heterocycles. The monoisotopic (exact) mass is 2020 g/mol. The topological polar surface area (TPSA) is 373 Å². The van der Waals surface area contributed by atoms with E-state index in [9.17, 15) is 52.5 Å². The quantitative estimate of drug-likeness (QED) is 0.00431. The number of alkyl halides is 3. The summed E-state index contributed by atoms with van der Waals surface area (Å²) in [4.78, 5) is 140. The second kappa shape index (κ2) is 54.3. The molecule has 3 atom stereocenters. The van der Waals surface area contributed by atoms with Crippen molar-refractivity contribution in [2.24, 2.45) is 0 Å². The first-order valence-electron chi connectivity index (χ1n) is 45.8. The molecule has 5 saturated heterocycles. The standard InChI is InChI=1S/C48H62ClN10O5P.C20H26BrN3O3.C13H13N3O3.C7H15BrO.C7H13BrO.CH4/c1-64-42-30-34(16-17-39(42)53-48-51-31-37(49)45(55-48)52-40-13-7-8-15-43(40)65(2,3)63)57-24-20-33(21-25-57)58-28-26-56(27-29-58)23-10-6-4-5-9-22-50-38-14-11-12-35-36(38)32-59(47(35)62)41-18-19-44(60)54-46(41)61;21-11-4-2-1-3-5-12-22-16-8-6-7-14-15(16)13-24(20(14)27)17-9-10-18(25)23-19(17)26;14-9-3-1-2-7-8(9)6-16(13(7)19)10-4-5-11(17)15-12(10)18;2*8-6-4-2-1-3-5-7-9;/h7-8,11-17,30-31,33,41,50H,4-6,9-10,18-29,32H2,1-3H3,(H,54,60,61)(H2,51,52,53,55);6-8,17,22H,1-5,9-13H2,(H,23,25,26);1-3,10H,4-6,14H2,(H,15,17,18);9H,1-7H2;7H,1-6H2;1H4. The first kappa shape index (κ1) is 105. The normalized spacial score (nSPS) is 18.0. The summed E-state index contributed by atoms with van der Waals surface area (Å²) in [5, 5.41) is 33.3. The third-order valence-electron chi connectivity index (χ3n) is 24.5. The molecule has 10 N–H and O–H groups in total. The molecule has 3 unspecified atom stereocenters. The Labute approximate surface area is 796 Å². The van der Waals surface area contributed by atoms with E-state index >= 15 is 0 Å². The van der Waals surface area contributed by atoms with Crippen LogP contribution in [0.3, 0.4) is 0 Å². The molecule has 130 heavy (non-hydrogen) atoms. The first-order chi connectivity index (χ1) is 62.5. The number of imide groups is 3. The molecule has 34 heteroatoms. The molecule has 14 rings (SSSR count). The molecule has 0 bridgehead atoms. The van der Waals surface area contributed by atoms with Crippen LogP contribution in [0.4, 0.5) is 45.9 Å². The van der Waals surface area contributed by atoms with Crippen LogP contribution in [0.2, 0.25) is 5.02 Å². The highest BCUT2D eigenvalue weighted by Gasteiger charge is 2.43. The summed E-state index contributed by atoms with van der Waals surface area (Å²) >= 11 is 16.7. The number of hydrogen-bond donors (Lipinski definition) is 9. The molecular formula is C96H133Br3ClN16O13P. The number of fused-ring (bicyclic) bond motifs is 3. The number of aldehydes is 1. The van der Waals surface area contributed by atoms with Gasteiger partial charge in [0, 0.05) is 194 Å². The first-order valence-corrected chi connectivity index (χ1v) is 52.2. The van der Waals surface area contributed by atoms with Gasteiger partial charge in [0.05, 0.1) is 24.7 Å². The Morgan fingerprint density at radius 3 is 1.46 bits per heavy atom. The highest BCUT2D eigenvalue weighted by molar-refractivity contribution is 9.09. The number of piperidine rings is 4. The van der Waals surface area contributed by atoms with Crippen LogP contribution in [0.15, 0.2) is 103 Å². The molecule has 0 spiro atoms. The Bertz CT molecular complexity index is 4820. The van der Waals surface area contributed by atoms with E-state index in [1.54, 1.807) is 54.6 Å². The minimum Gasteiger partial charge on any atom is -0.494 e. The number of nitrogens with two attached hydrogens (primary N) is 1. The fourth-order valence-electron chi connectivity index (χ4n) is 17.3. The summed E-state index contributed by atoms with van der Waals surface area (Å²) in [5.41, 5.74) is 15.4. The molecule has 5 aromatic carbocycles. The van der Waals surface area contributed by atoms with Crippen LogP contribution in [0, 0.1) is 0 Å². The van der Waals surface area contributed by atoms with E-state index in [2.05, 4.69) is 122 Å². The van der Waals surface area contributed by atoms with Crippen LogP contribution < -0.4 is 57.9 Å². The lowest BCUT2D eigenvalue weighted by Crippen LogP contribution is -2.53. The van der Waals surface area contributed by atoms with Crippen LogP contribution in [-0.4, -0.2) is 225 Å². The number of nitrogen functional groups attached to an aromatic ring is 1. The fourth-order valence-corrected chi connectivity index (χ4v) is 19.8. The predicted octanol–water partition coefficient (Wildman–Crippen LogP) is 16.0. The van der Waals surface area contributed by atoms with Crippen LogP contribution >= 0.6 is 66.5 Å². The molecule has 708 valence electrons. The van der Waals surface area contributed by atoms with Gasteiger partial charge in [-0.25, -0.2) is 4.98 Å². The number of nitrogens with one attached hydrogen (secondary N) is 7. The third-order valence-corrected chi connectivity index (χ3v) is 28.0. The maximum atomic E-state index is 13.1. The molecule has 8 aliphatic heterocycles. The van der Waals surface area contributed by atoms with Gasteiger partial charge in [0.1, 0.15) is 42.3 Å². The van der Waals surface area contributed by atoms with E-state index in [0.717, 1.165) is 177 Å². The lowest BCUT2D eigenvalue weighted by Gasteiger charge is -2.43. The van der Waals surface area contributed by atoms with E-state index in [0.29, 0.717) is 102 Å². The van der Waals surface area contributed by atoms with E-state index in [1.807, 2.05) is 66.7 Å². The number of benzene rings is 5. The molecule has 9 heterocycles. The van der Waals surface area contributed by atoms with Crippen molar-refractivity contribution < 1.29 is 62.4 Å². The molecule has 0 aliphatic carbocycles.